The van der Waals surface area contributed by atoms with E-state index in [4.69, 9.17) is 0 Å². The maximum atomic E-state index is 11.8. The maximum absolute atomic E-state index is 11.8. The number of Topliss-reactive ketones (excluding diaryl/α,β-unsaturated/α-hetero) is 1. The van der Waals surface area contributed by atoms with Crippen molar-refractivity contribution in [2.24, 2.45) is 7.05 Å². The van der Waals surface area contributed by atoms with Gasteiger partial charge in [0.1, 0.15) is 0 Å². The zero-order valence-corrected chi connectivity index (χ0v) is 9.29. The van der Waals surface area contributed by atoms with Gasteiger partial charge < -0.3 is 9.47 Å². The van der Waals surface area contributed by atoms with Crippen molar-refractivity contribution in [3.8, 4) is 0 Å². The van der Waals surface area contributed by atoms with Crippen molar-refractivity contribution < 1.29 is 9.59 Å². The summed E-state index contributed by atoms with van der Waals surface area (Å²) in [5, 5.41) is 0.0116. The molecular formula is C10H12N2O2S. The molecule has 1 fully saturated rings. The molecule has 1 saturated heterocycles. The second kappa shape index (κ2) is 4.10. The molecular weight excluding hydrogens is 212 g/mol. The van der Waals surface area contributed by atoms with Crippen molar-refractivity contribution >= 4 is 22.8 Å². The zero-order valence-electron chi connectivity index (χ0n) is 8.47. The minimum atomic E-state index is -0.00153. The number of hydrogen-bond donors (Lipinski definition) is 0. The summed E-state index contributed by atoms with van der Waals surface area (Å²) in [6, 6.07) is 3.60. The van der Waals surface area contributed by atoms with E-state index in [-0.39, 0.29) is 17.6 Å². The Hall–Kier alpha value is -1.23. The molecule has 80 valence electrons. The van der Waals surface area contributed by atoms with Gasteiger partial charge in [-0.2, -0.15) is 0 Å². The topological polar surface area (TPSA) is 42.3 Å². The summed E-state index contributed by atoms with van der Waals surface area (Å²) in [5.41, 5.74) is 0.653. The summed E-state index contributed by atoms with van der Waals surface area (Å²) in [6.07, 6.45) is 1.83. The van der Waals surface area contributed by atoms with Crippen LogP contribution in [0.4, 0.5) is 4.79 Å². The molecule has 5 heteroatoms. The van der Waals surface area contributed by atoms with Crippen LogP contribution in [-0.4, -0.2) is 39.3 Å². The number of hydrogen-bond acceptors (Lipinski definition) is 3. The Morgan fingerprint density at radius 3 is 2.93 bits per heavy atom. The van der Waals surface area contributed by atoms with Gasteiger partial charge >= 0.3 is 0 Å². The van der Waals surface area contributed by atoms with Gasteiger partial charge in [-0.15, -0.1) is 0 Å². The number of aromatic nitrogens is 1. The number of nitrogens with zero attached hydrogens (tertiary/aromatic N) is 2. The molecule has 0 N–H and O–H groups in total. The number of amides is 1. The van der Waals surface area contributed by atoms with Crippen LogP contribution >= 0.6 is 11.8 Å². The van der Waals surface area contributed by atoms with Crippen molar-refractivity contribution in [2.75, 3.05) is 18.8 Å². The van der Waals surface area contributed by atoms with Crippen LogP contribution in [0.3, 0.4) is 0 Å². The molecule has 4 nitrogen and oxygen atoms in total. The standard InChI is InChI=1S/C10H12N2O2S/c1-11-4-2-3-8(11)9(13)7-12-5-6-15-10(12)14/h2-4H,5-7H2,1H3. The number of ketones is 1. The lowest BCUT2D eigenvalue weighted by atomic mass is 10.2. The lowest BCUT2D eigenvalue weighted by molar-refractivity contribution is 0.0948. The van der Waals surface area contributed by atoms with E-state index in [0.29, 0.717) is 12.2 Å². The van der Waals surface area contributed by atoms with Crippen molar-refractivity contribution in [3.05, 3.63) is 24.0 Å². The van der Waals surface area contributed by atoms with Crippen LogP contribution < -0.4 is 0 Å². The third kappa shape index (κ3) is 2.07. The Morgan fingerprint density at radius 2 is 2.40 bits per heavy atom. The molecule has 2 rings (SSSR count). The number of thioether (sulfide) groups is 1. The van der Waals surface area contributed by atoms with Crippen LogP contribution in [-0.2, 0) is 7.05 Å². The average molecular weight is 224 g/mol. The second-order valence-corrected chi connectivity index (χ2v) is 4.51. The fourth-order valence-electron chi connectivity index (χ4n) is 1.57. The quantitative estimate of drug-likeness (QED) is 0.728. The van der Waals surface area contributed by atoms with E-state index in [1.165, 1.54) is 11.8 Å². The SMILES string of the molecule is Cn1cccc1C(=O)CN1CCSC1=O. The van der Waals surface area contributed by atoms with E-state index in [9.17, 15) is 9.59 Å². The van der Waals surface area contributed by atoms with E-state index < -0.39 is 0 Å². The van der Waals surface area contributed by atoms with E-state index in [1.807, 2.05) is 19.3 Å². The fourth-order valence-corrected chi connectivity index (χ4v) is 2.40. The Balaban J connectivity index is 2.04. The van der Waals surface area contributed by atoms with Gasteiger partial charge in [0.15, 0.2) is 5.78 Å². The normalized spacial score (nSPS) is 16.1. The highest BCUT2D eigenvalue weighted by atomic mass is 32.2. The molecule has 0 atom stereocenters. The monoisotopic (exact) mass is 224 g/mol. The van der Waals surface area contributed by atoms with E-state index in [0.717, 1.165) is 5.75 Å². The first-order chi connectivity index (χ1) is 7.18. The average Bonchev–Trinajstić information content (AvgIpc) is 2.76. The summed E-state index contributed by atoms with van der Waals surface area (Å²) in [5.74, 6) is 0.789. The van der Waals surface area contributed by atoms with Gasteiger partial charge in [0.05, 0.1) is 12.2 Å². The molecule has 0 spiro atoms. The molecule has 2 heterocycles. The molecule has 0 unspecified atom stereocenters. The highest BCUT2D eigenvalue weighted by Gasteiger charge is 2.24. The fraction of sp³-hybridized carbons (Fsp3) is 0.400. The predicted octanol–water partition coefficient (Wildman–Crippen LogP) is 1.38. The van der Waals surface area contributed by atoms with Crippen molar-refractivity contribution in [3.63, 3.8) is 0 Å². The van der Waals surface area contributed by atoms with Crippen LogP contribution in [0.1, 0.15) is 10.5 Å². The lowest BCUT2D eigenvalue weighted by Crippen LogP contribution is -2.30. The molecule has 1 amide bonds. The summed E-state index contributed by atoms with van der Waals surface area (Å²) < 4.78 is 1.77. The van der Waals surface area contributed by atoms with Crippen molar-refractivity contribution in [2.45, 2.75) is 0 Å². The Kier molecular flexibility index (Phi) is 2.81. The van der Waals surface area contributed by atoms with Gasteiger partial charge in [-0.3, -0.25) is 9.59 Å². The highest BCUT2D eigenvalue weighted by Crippen LogP contribution is 2.17. The zero-order chi connectivity index (χ0) is 10.8. The maximum Gasteiger partial charge on any atom is 0.282 e. The van der Waals surface area contributed by atoms with E-state index in [2.05, 4.69) is 0 Å². The number of carbonyl (C=O) groups is 2. The highest BCUT2D eigenvalue weighted by molar-refractivity contribution is 8.13. The Labute approximate surface area is 92.2 Å². The van der Waals surface area contributed by atoms with Crippen molar-refractivity contribution in [1.82, 2.24) is 9.47 Å². The first-order valence-corrected chi connectivity index (χ1v) is 5.73. The molecule has 0 bridgehead atoms. The summed E-state index contributed by atoms with van der Waals surface area (Å²) in [6.45, 7) is 0.878. The van der Waals surface area contributed by atoms with Crippen LogP contribution in [0.15, 0.2) is 18.3 Å². The van der Waals surface area contributed by atoms with Crippen molar-refractivity contribution in [1.29, 1.82) is 0 Å². The Bertz CT molecular complexity index is 400. The molecule has 1 aliphatic heterocycles. The molecule has 0 saturated carbocycles. The molecule has 1 aliphatic rings. The molecule has 0 aromatic carbocycles. The van der Waals surface area contributed by atoms with Crippen LogP contribution in [0, 0.1) is 0 Å². The molecule has 15 heavy (non-hydrogen) atoms. The van der Waals surface area contributed by atoms with Gasteiger partial charge in [-0.1, -0.05) is 11.8 Å². The molecule has 1 aromatic rings. The first kappa shape index (κ1) is 10.3. The predicted molar refractivity (Wildman–Crippen MR) is 59.2 cm³/mol. The third-order valence-electron chi connectivity index (χ3n) is 2.41. The van der Waals surface area contributed by atoms with E-state index in [1.54, 1.807) is 15.5 Å². The van der Waals surface area contributed by atoms with Gasteiger partial charge in [-0.25, -0.2) is 0 Å². The largest absolute Gasteiger partial charge is 0.348 e. The number of aryl methyl sites for hydroxylation is 1. The third-order valence-corrected chi connectivity index (χ3v) is 3.30. The summed E-state index contributed by atoms with van der Waals surface area (Å²) in [7, 11) is 1.83. The minimum absolute atomic E-state index is 0.00153. The van der Waals surface area contributed by atoms with Gasteiger partial charge in [-0.05, 0) is 12.1 Å². The summed E-state index contributed by atoms with van der Waals surface area (Å²) >= 11 is 1.28. The number of rotatable bonds is 3. The second-order valence-electron chi connectivity index (χ2n) is 3.46. The smallest absolute Gasteiger partial charge is 0.282 e. The molecule has 0 aliphatic carbocycles. The van der Waals surface area contributed by atoms with Gasteiger partial charge in [0, 0.05) is 25.5 Å². The Morgan fingerprint density at radius 1 is 1.60 bits per heavy atom. The van der Waals surface area contributed by atoms with Gasteiger partial charge in [0.25, 0.3) is 5.24 Å². The molecule has 0 radical (unpaired) electrons. The van der Waals surface area contributed by atoms with Crippen LogP contribution in [0.2, 0.25) is 0 Å². The molecule has 1 aromatic heterocycles. The van der Waals surface area contributed by atoms with E-state index >= 15 is 0 Å². The lowest BCUT2D eigenvalue weighted by Gasteiger charge is -2.13. The minimum Gasteiger partial charge on any atom is -0.348 e. The van der Waals surface area contributed by atoms with Gasteiger partial charge in [0.2, 0.25) is 0 Å². The van der Waals surface area contributed by atoms with Crippen LogP contribution in [0.5, 0.6) is 0 Å². The first-order valence-electron chi connectivity index (χ1n) is 4.75. The number of carbonyl (C=O) groups excluding carboxylic acids is 2. The van der Waals surface area contributed by atoms with Crippen LogP contribution in [0.25, 0.3) is 0 Å². The summed E-state index contributed by atoms with van der Waals surface area (Å²) in [4.78, 5) is 24.7.